The van der Waals surface area contributed by atoms with E-state index >= 15 is 0 Å². The molecule has 1 aromatic carbocycles. The monoisotopic (exact) mass is 424 g/mol. The molecule has 9 heteroatoms. The molecule has 0 atom stereocenters. The number of nitrogens with one attached hydrogen (secondary N) is 1. The molecule has 23 heavy (non-hydrogen) atoms. The molecule has 128 valence electrons. The summed E-state index contributed by atoms with van der Waals surface area (Å²) in [5.41, 5.74) is 0. The molecule has 1 amide bonds. The fourth-order valence-electron chi connectivity index (χ4n) is 2.34. The van der Waals surface area contributed by atoms with E-state index in [0.717, 1.165) is 0 Å². The van der Waals surface area contributed by atoms with Gasteiger partial charge in [-0.25, -0.2) is 12.7 Å². The summed E-state index contributed by atoms with van der Waals surface area (Å²) in [7, 11) is -3.15. The molecule has 1 fully saturated rings. The van der Waals surface area contributed by atoms with Gasteiger partial charge in [-0.2, -0.15) is 0 Å². The van der Waals surface area contributed by atoms with Crippen LogP contribution < -0.4 is 10.1 Å². The van der Waals surface area contributed by atoms with Crippen LogP contribution in [0, 0.1) is 0 Å². The molecule has 0 bridgehead atoms. The number of rotatable bonds is 5. The zero-order valence-electron chi connectivity index (χ0n) is 12.6. The molecule has 2 rings (SSSR count). The maximum Gasteiger partial charge on any atom is 0.258 e. The molecule has 1 heterocycles. The van der Waals surface area contributed by atoms with Crippen LogP contribution in [-0.2, 0) is 14.8 Å². The van der Waals surface area contributed by atoms with Gasteiger partial charge in [0.15, 0.2) is 6.61 Å². The minimum atomic E-state index is -3.15. The van der Waals surface area contributed by atoms with E-state index in [2.05, 4.69) is 21.2 Å². The van der Waals surface area contributed by atoms with Crippen molar-refractivity contribution in [3.8, 4) is 5.75 Å². The van der Waals surface area contributed by atoms with Crippen molar-refractivity contribution in [3.63, 3.8) is 0 Å². The van der Waals surface area contributed by atoms with Crippen LogP contribution >= 0.6 is 27.5 Å². The van der Waals surface area contributed by atoms with Crippen molar-refractivity contribution in [3.05, 3.63) is 27.7 Å². The minimum absolute atomic E-state index is 0.0299. The molecule has 0 saturated carbocycles. The Morgan fingerprint density at radius 1 is 1.43 bits per heavy atom. The summed E-state index contributed by atoms with van der Waals surface area (Å²) in [5.74, 6) is 0.307. The van der Waals surface area contributed by atoms with Crippen molar-refractivity contribution < 1.29 is 17.9 Å². The quantitative estimate of drug-likeness (QED) is 0.783. The van der Waals surface area contributed by atoms with Gasteiger partial charge in [-0.05, 0) is 47.0 Å². The lowest BCUT2D eigenvalue weighted by Gasteiger charge is -2.30. The Morgan fingerprint density at radius 2 is 2.09 bits per heavy atom. The number of hydrogen-bond acceptors (Lipinski definition) is 4. The first-order chi connectivity index (χ1) is 10.8. The van der Waals surface area contributed by atoms with Crippen molar-refractivity contribution >= 4 is 43.5 Å². The number of piperidine rings is 1. The van der Waals surface area contributed by atoms with E-state index in [1.54, 1.807) is 18.2 Å². The van der Waals surface area contributed by atoms with Gasteiger partial charge in [0.25, 0.3) is 5.91 Å². The normalized spacial score (nSPS) is 17.0. The largest absolute Gasteiger partial charge is 0.483 e. The van der Waals surface area contributed by atoms with Gasteiger partial charge in [0, 0.05) is 24.2 Å². The first kappa shape index (κ1) is 18.5. The Hall–Kier alpha value is -0.830. The molecule has 0 aromatic heterocycles. The van der Waals surface area contributed by atoms with E-state index in [1.165, 1.54) is 10.6 Å². The van der Waals surface area contributed by atoms with Crippen LogP contribution in [0.5, 0.6) is 5.75 Å². The Morgan fingerprint density at radius 3 is 2.65 bits per heavy atom. The van der Waals surface area contributed by atoms with Crippen LogP contribution in [0.25, 0.3) is 0 Å². The van der Waals surface area contributed by atoms with Crippen LogP contribution in [0.4, 0.5) is 0 Å². The number of carbonyl (C=O) groups is 1. The minimum Gasteiger partial charge on any atom is -0.483 e. The van der Waals surface area contributed by atoms with E-state index < -0.39 is 10.0 Å². The number of amides is 1. The first-order valence-corrected chi connectivity index (χ1v) is 10.1. The summed E-state index contributed by atoms with van der Waals surface area (Å²) in [4.78, 5) is 11.9. The molecule has 0 spiro atoms. The summed E-state index contributed by atoms with van der Waals surface area (Å²) in [6.07, 6.45) is 2.40. The summed E-state index contributed by atoms with van der Waals surface area (Å²) >= 11 is 9.16. The fraction of sp³-hybridized carbons (Fsp3) is 0.500. The SMILES string of the molecule is CS(=O)(=O)N1CCC(NC(=O)COc2ccc(Cl)cc2Br)CC1. The van der Waals surface area contributed by atoms with Crippen LogP contribution in [0.3, 0.4) is 0 Å². The van der Waals surface area contributed by atoms with Crippen LogP contribution in [0.15, 0.2) is 22.7 Å². The van der Waals surface area contributed by atoms with Gasteiger partial charge < -0.3 is 10.1 Å². The van der Waals surface area contributed by atoms with Gasteiger partial charge in [0.05, 0.1) is 10.7 Å². The van der Waals surface area contributed by atoms with E-state index in [9.17, 15) is 13.2 Å². The highest BCUT2D eigenvalue weighted by molar-refractivity contribution is 9.10. The van der Waals surface area contributed by atoms with Gasteiger partial charge >= 0.3 is 0 Å². The van der Waals surface area contributed by atoms with Crippen molar-refractivity contribution in [2.24, 2.45) is 0 Å². The Balaban J connectivity index is 1.78. The second-order valence-corrected chi connectivity index (χ2v) is 8.64. The van der Waals surface area contributed by atoms with Crippen molar-refractivity contribution in [2.45, 2.75) is 18.9 Å². The van der Waals surface area contributed by atoms with Crippen molar-refractivity contribution in [1.29, 1.82) is 0 Å². The smallest absolute Gasteiger partial charge is 0.258 e. The van der Waals surface area contributed by atoms with Crippen molar-refractivity contribution in [1.82, 2.24) is 9.62 Å². The van der Waals surface area contributed by atoms with Crippen molar-refractivity contribution in [2.75, 3.05) is 26.0 Å². The van der Waals surface area contributed by atoms with Gasteiger partial charge in [0.2, 0.25) is 10.0 Å². The number of benzene rings is 1. The molecule has 0 radical (unpaired) electrons. The topological polar surface area (TPSA) is 75.7 Å². The zero-order chi connectivity index (χ0) is 17.0. The highest BCUT2D eigenvalue weighted by Gasteiger charge is 2.25. The van der Waals surface area contributed by atoms with Gasteiger partial charge in [0.1, 0.15) is 5.75 Å². The van der Waals surface area contributed by atoms with Crippen LogP contribution in [0.2, 0.25) is 5.02 Å². The molecule has 6 nitrogen and oxygen atoms in total. The lowest BCUT2D eigenvalue weighted by atomic mass is 10.1. The van der Waals surface area contributed by atoms with E-state index in [4.69, 9.17) is 16.3 Å². The number of halogens is 2. The van der Waals surface area contributed by atoms with Gasteiger partial charge in [-0.3, -0.25) is 4.79 Å². The lowest BCUT2D eigenvalue weighted by molar-refractivity contribution is -0.124. The average molecular weight is 426 g/mol. The molecule has 1 aromatic rings. The Bertz CT molecular complexity index is 675. The number of nitrogens with zero attached hydrogens (tertiary/aromatic N) is 1. The molecule has 1 N–H and O–H groups in total. The molecule has 0 unspecified atom stereocenters. The average Bonchev–Trinajstić information content (AvgIpc) is 2.46. The Labute approximate surface area is 149 Å². The second-order valence-electron chi connectivity index (χ2n) is 5.37. The molecule has 1 aliphatic heterocycles. The molecule has 1 saturated heterocycles. The van der Waals surface area contributed by atoms with E-state index in [-0.39, 0.29) is 18.6 Å². The predicted molar refractivity (Wildman–Crippen MR) is 92.2 cm³/mol. The van der Waals surface area contributed by atoms with E-state index in [1.807, 2.05) is 0 Å². The third kappa shape index (κ3) is 5.63. The highest BCUT2D eigenvalue weighted by atomic mass is 79.9. The van der Waals surface area contributed by atoms with Gasteiger partial charge in [-0.15, -0.1) is 0 Å². The third-order valence-electron chi connectivity index (χ3n) is 3.54. The number of carbonyl (C=O) groups excluding carboxylic acids is 1. The fourth-order valence-corrected chi connectivity index (χ4v) is 4.01. The third-order valence-corrected chi connectivity index (χ3v) is 5.70. The summed E-state index contributed by atoms with van der Waals surface area (Å²) in [6.45, 7) is 0.743. The standard InChI is InChI=1S/C14H18BrClN2O4S/c1-23(20,21)18-6-4-11(5-7-18)17-14(19)9-22-13-3-2-10(16)8-12(13)15/h2-3,8,11H,4-7,9H2,1H3,(H,17,19). The van der Waals surface area contributed by atoms with Crippen LogP contribution in [0.1, 0.15) is 12.8 Å². The zero-order valence-corrected chi connectivity index (χ0v) is 15.7. The lowest BCUT2D eigenvalue weighted by Crippen LogP contribution is -2.47. The first-order valence-electron chi connectivity index (χ1n) is 7.08. The number of hydrogen-bond donors (Lipinski definition) is 1. The predicted octanol–water partition coefficient (Wildman–Crippen LogP) is 2.02. The van der Waals surface area contributed by atoms with Gasteiger partial charge in [-0.1, -0.05) is 11.6 Å². The molecular formula is C14H18BrClN2O4S. The summed E-state index contributed by atoms with van der Waals surface area (Å²) in [6, 6.07) is 5.03. The maximum absolute atomic E-state index is 11.9. The maximum atomic E-state index is 11.9. The van der Waals surface area contributed by atoms with E-state index in [0.29, 0.717) is 41.2 Å². The summed E-state index contributed by atoms with van der Waals surface area (Å²) < 4.78 is 30.4. The number of ether oxygens (including phenoxy) is 1. The molecule has 0 aliphatic carbocycles. The molecular weight excluding hydrogens is 408 g/mol. The van der Waals surface area contributed by atoms with Crippen LogP contribution in [-0.4, -0.2) is 50.6 Å². The number of sulfonamides is 1. The second kappa shape index (κ2) is 7.83. The highest BCUT2D eigenvalue weighted by Crippen LogP contribution is 2.27. The Kier molecular flexibility index (Phi) is 6.30. The molecule has 1 aliphatic rings. The summed E-state index contributed by atoms with van der Waals surface area (Å²) in [5, 5.41) is 3.44.